The molecule has 4 unspecified atom stereocenters. The molecule has 4 atom stereocenters. The highest BCUT2D eigenvalue weighted by atomic mass is 16.5. The summed E-state index contributed by atoms with van der Waals surface area (Å²) in [6, 6.07) is 9.82. The maximum Gasteiger partial charge on any atom is 0.242 e. The van der Waals surface area contributed by atoms with Crippen LogP contribution in [-0.2, 0) is 9.53 Å². The molecule has 184 valence electrons. The molecule has 0 spiro atoms. The number of nitrogens with zero attached hydrogens (tertiary/aromatic N) is 1. The Kier molecular flexibility index (Phi) is 7.30. The molecule has 0 bridgehead atoms. The molecule has 4 rings (SSSR count). The van der Waals surface area contributed by atoms with Crippen molar-refractivity contribution in [2.24, 2.45) is 5.92 Å². The molecule has 0 radical (unpaired) electrons. The summed E-state index contributed by atoms with van der Waals surface area (Å²) in [6.45, 7) is 9.37. The first kappa shape index (κ1) is 24.3. The van der Waals surface area contributed by atoms with Crippen LogP contribution in [0.2, 0.25) is 0 Å². The molecule has 4 N–H and O–H groups in total. The minimum atomic E-state index is -0.440. The molecule has 2 aromatic carbocycles. The maximum absolute atomic E-state index is 13.5. The van der Waals surface area contributed by atoms with Crippen molar-refractivity contribution in [1.29, 1.82) is 0 Å². The van der Waals surface area contributed by atoms with E-state index in [9.17, 15) is 15.0 Å². The molecule has 2 aromatic rings. The predicted molar refractivity (Wildman–Crippen MR) is 129 cm³/mol. The summed E-state index contributed by atoms with van der Waals surface area (Å²) in [5, 5.41) is 20.9. The van der Waals surface area contributed by atoms with Crippen molar-refractivity contribution in [3.8, 4) is 17.2 Å². The molecule has 2 fully saturated rings. The van der Waals surface area contributed by atoms with Crippen molar-refractivity contribution in [3.63, 3.8) is 0 Å². The van der Waals surface area contributed by atoms with Gasteiger partial charge in [-0.2, -0.15) is 0 Å². The largest absolute Gasteiger partial charge is 0.508 e. The highest BCUT2D eigenvalue weighted by Crippen LogP contribution is 2.49. The lowest BCUT2D eigenvalue weighted by Crippen LogP contribution is -2.41. The summed E-state index contributed by atoms with van der Waals surface area (Å²) < 4.78 is 11.3. The number of phenols is 2. The maximum atomic E-state index is 13.5. The average Bonchev–Trinajstić information content (AvgIpc) is 3.34. The Morgan fingerprint density at radius 3 is 2.53 bits per heavy atom. The van der Waals surface area contributed by atoms with Crippen LogP contribution < -0.4 is 15.6 Å². The second-order valence-electron chi connectivity index (χ2n) is 9.29. The number of carbonyl (C=O) groups is 1. The van der Waals surface area contributed by atoms with Gasteiger partial charge in [-0.05, 0) is 57.9 Å². The molecule has 8 nitrogen and oxygen atoms in total. The van der Waals surface area contributed by atoms with Gasteiger partial charge in [-0.25, -0.2) is 10.9 Å². The molecule has 2 saturated heterocycles. The Labute approximate surface area is 200 Å². The standard InChI is InChI=1S/C26H35N3O5/c1-5-33-21-14-17(8-10-20(21)31)25-22-23(18-13-16(4)7-9-19(18)30)27-28-24(22)26(32)29(25)11-6-12-34-15(2)3/h7-10,13-15,22-25,27-28,30-31H,5-6,11-12H2,1-4H3. The number of ether oxygens (including phenoxy) is 2. The van der Waals surface area contributed by atoms with Crippen molar-refractivity contribution in [3.05, 3.63) is 53.1 Å². The number of aromatic hydroxyl groups is 2. The van der Waals surface area contributed by atoms with Gasteiger partial charge in [0.2, 0.25) is 5.91 Å². The fourth-order valence-electron chi connectivity index (χ4n) is 5.08. The van der Waals surface area contributed by atoms with Crippen LogP contribution in [0.1, 0.15) is 56.0 Å². The quantitative estimate of drug-likeness (QED) is 0.418. The minimum Gasteiger partial charge on any atom is -0.508 e. The van der Waals surface area contributed by atoms with Crippen LogP contribution in [0.5, 0.6) is 17.2 Å². The van der Waals surface area contributed by atoms with E-state index < -0.39 is 6.04 Å². The summed E-state index contributed by atoms with van der Waals surface area (Å²) in [5.41, 5.74) is 9.13. The number of benzene rings is 2. The van der Waals surface area contributed by atoms with Crippen LogP contribution in [0.3, 0.4) is 0 Å². The predicted octanol–water partition coefficient (Wildman–Crippen LogP) is 3.34. The van der Waals surface area contributed by atoms with Crippen LogP contribution in [0.25, 0.3) is 0 Å². The number of nitrogens with one attached hydrogen (secondary N) is 2. The average molecular weight is 470 g/mol. The van der Waals surface area contributed by atoms with Crippen molar-refractivity contribution in [1.82, 2.24) is 15.8 Å². The molecular formula is C26H35N3O5. The second kappa shape index (κ2) is 10.2. The zero-order valence-corrected chi connectivity index (χ0v) is 20.2. The molecule has 0 saturated carbocycles. The van der Waals surface area contributed by atoms with Gasteiger partial charge in [0.25, 0.3) is 0 Å². The number of carbonyl (C=O) groups excluding carboxylic acids is 1. The Balaban J connectivity index is 1.72. The van der Waals surface area contributed by atoms with E-state index in [-0.39, 0.29) is 41.5 Å². The lowest BCUT2D eigenvalue weighted by molar-refractivity contribution is -0.131. The lowest BCUT2D eigenvalue weighted by atomic mass is 9.82. The topological polar surface area (TPSA) is 103 Å². The smallest absolute Gasteiger partial charge is 0.242 e. The first-order valence-electron chi connectivity index (χ1n) is 12.0. The normalized spacial score (nSPS) is 24.1. The molecule has 0 aliphatic carbocycles. The summed E-state index contributed by atoms with van der Waals surface area (Å²) in [4.78, 5) is 15.4. The summed E-state index contributed by atoms with van der Waals surface area (Å²) in [5.74, 6) is 0.492. The van der Waals surface area contributed by atoms with E-state index in [1.54, 1.807) is 12.1 Å². The Morgan fingerprint density at radius 2 is 1.79 bits per heavy atom. The zero-order chi connectivity index (χ0) is 24.4. The van der Waals surface area contributed by atoms with Gasteiger partial charge in [0.05, 0.1) is 24.8 Å². The number of amides is 1. The number of likely N-dealkylation sites (tertiary alicyclic amines) is 1. The third-order valence-corrected chi connectivity index (χ3v) is 6.55. The van der Waals surface area contributed by atoms with Gasteiger partial charge < -0.3 is 24.6 Å². The number of aryl methyl sites for hydroxylation is 1. The fraction of sp³-hybridized carbons (Fsp3) is 0.500. The van der Waals surface area contributed by atoms with E-state index in [4.69, 9.17) is 9.47 Å². The second-order valence-corrected chi connectivity index (χ2v) is 9.29. The monoisotopic (exact) mass is 469 g/mol. The zero-order valence-electron chi connectivity index (χ0n) is 20.2. The van der Waals surface area contributed by atoms with Crippen molar-refractivity contribution < 1.29 is 24.5 Å². The van der Waals surface area contributed by atoms with Crippen LogP contribution in [-0.4, -0.2) is 52.9 Å². The van der Waals surface area contributed by atoms with Gasteiger partial charge in [0.15, 0.2) is 11.5 Å². The molecule has 2 heterocycles. The van der Waals surface area contributed by atoms with Gasteiger partial charge in [-0.15, -0.1) is 0 Å². The van der Waals surface area contributed by atoms with E-state index in [2.05, 4.69) is 10.9 Å². The molecular weight excluding hydrogens is 434 g/mol. The molecule has 2 aliphatic rings. The minimum absolute atomic E-state index is 0.00715. The molecule has 8 heteroatoms. The van der Waals surface area contributed by atoms with Gasteiger partial charge >= 0.3 is 0 Å². The van der Waals surface area contributed by atoms with Crippen LogP contribution in [0.15, 0.2) is 36.4 Å². The fourth-order valence-corrected chi connectivity index (χ4v) is 5.08. The lowest BCUT2D eigenvalue weighted by Gasteiger charge is -2.32. The molecule has 34 heavy (non-hydrogen) atoms. The Morgan fingerprint density at radius 1 is 1.06 bits per heavy atom. The van der Waals surface area contributed by atoms with Crippen molar-refractivity contribution >= 4 is 5.91 Å². The summed E-state index contributed by atoms with van der Waals surface area (Å²) >= 11 is 0. The number of phenolic OH excluding ortho intramolecular Hbond substituents is 2. The molecule has 1 amide bonds. The first-order chi connectivity index (χ1) is 16.3. The number of hydrogen-bond donors (Lipinski definition) is 4. The van der Waals surface area contributed by atoms with Crippen LogP contribution in [0.4, 0.5) is 0 Å². The van der Waals surface area contributed by atoms with Crippen molar-refractivity contribution in [2.45, 2.75) is 58.3 Å². The number of hydrazine groups is 1. The van der Waals surface area contributed by atoms with E-state index in [1.165, 1.54) is 0 Å². The van der Waals surface area contributed by atoms with E-state index >= 15 is 0 Å². The van der Waals surface area contributed by atoms with E-state index in [0.29, 0.717) is 31.9 Å². The number of rotatable bonds is 9. The van der Waals surface area contributed by atoms with Crippen molar-refractivity contribution in [2.75, 3.05) is 19.8 Å². The van der Waals surface area contributed by atoms with Gasteiger partial charge in [-0.3, -0.25) is 4.79 Å². The van der Waals surface area contributed by atoms with Gasteiger partial charge in [0.1, 0.15) is 11.8 Å². The Bertz CT molecular complexity index is 1030. The third kappa shape index (κ3) is 4.71. The van der Waals surface area contributed by atoms with Crippen LogP contribution in [0, 0.1) is 12.8 Å². The molecule has 2 aliphatic heterocycles. The highest BCUT2D eigenvalue weighted by molar-refractivity contribution is 5.86. The first-order valence-corrected chi connectivity index (χ1v) is 12.0. The Hall–Kier alpha value is -2.81. The van der Waals surface area contributed by atoms with E-state index in [0.717, 1.165) is 16.7 Å². The highest BCUT2D eigenvalue weighted by Gasteiger charge is 2.55. The number of hydrogen-bond acceptors (Lipinski definition) is 7. The van der Waals surface area contributed by atoms with E-state index in [1.807, 2.05) is 56.9 Å². The molecule has 0 aromatic heterocycles. The third-order valence-electron chi connectivity index (χ3n) is 6.55. The van der Waals surface area contributed by atoms with Crippen LogP contribution >= 0.6 is 0 Å². The van der Waals surface area contributed by atoms with Gasteiger partial charge in [0, 0.05) is 24.6 Å². The summed E-state index contributed by atoms with van der Waals surface area (Å²) in [7, 11) is 0. The number of fused-ring (bicyclic) bond motifs is 1. The SMILES string of the molecule is CCOc1cc(C2C3C(NNC3c3cc(C)ccc3O)C(=O)N2CCCOC(C)C)ccc1O. The van der Waals surface area contributed by atoms with Gasteiger partial charge in [-0.1, -0.05) is 23.8 Å². The summed E-state index contributed by atoms with van der Waals surface area (Å²) in [6.07, 6.45) is 0.846.